The second kappa shape index (κ2) is 2.90. The number of anilines is 1. The molecule has 4 heteroatoms. The monoisotopic (exact) mass is 154 g/mol. The van der Waals surface area contributed by atoms with Crippen molar-refractivity contribution in [3.05, 3.63) is 5.82 Å². The van der Waals surface area contributed by atoms with E-state index in [-0.39, 0.29) is 0 Å². The fourth-order valence-corrected chi connectivity index (χ4v) is 0.988. The molecule has 0 saturated carbocycles. The lowest BCUT2D eigenvalue weighted by atomic mass is 10.2. The Labute approximate surface area is 66.4 Å². The Morgan fingerprint density at radius 2 is 2.09 bits per heavy atom. The summed E-state index contributed by atoms with van der Waals surface area (Å²) in [6.07, 6.45) is 0. The molecule has 0 aromatic carbocycles. The van der Waals surface area contributed by atoms with E-state index >= 15 is 0 Å². The molecule has 62 valence electrons. The van der Waals surface area contributed by atoms with Crippen LogP contribution in [0.25, 0.3) is 0 Å². The average Bonchev–Trinajstić information content (AvgIpc) is 2.18. The largest absolute Gasteiger partial charge is 0.368 e. The molecule has 0 aliphatic carbocycles. The van der Waals surface area contributed by atoms with Crippen molar-refractivity contribution in [1.29, 1.82) is 0 Å². The van der Waals surface area contributed by atoms with Gasteiger partial charge in [-0.1, -0.05) is 13.8 Å². The summed E-state index contributed by atoms with van der Waals surface area (Å²) in [5.41, 5.74) is 5.58. The van der Waals surface area contributed by atoms with Crippen LogP contribution >= 0.6 is 0 Å². The minimum Gasteiger partial charge on any atom is -0.368 e. The van der Waals surface area contributed by atoms with E-state index in [9.17, 15) is 0 Å². The number of aryl methyl sites for hydroxylation is 1. The summed E-state index contributed by atoms with van der Waals surface area (Å²) in [4.78, 5) is 0. The van der Waals surface area contributed by atoms with E-state index in [4.69, 9.17) is 5.73 Å². The van der Waals surface area contributed by atoms with Gasteiger partial charge >= 0.3 is 0 Å². The van der Waals surface area contributed by atoms with Gasteiger partial charge in [0.05, 0.1) is 0 Å². The SMILES string of the molecule is Cc1nnc(N)n1CC(C)C. The topological polar surface area (TPSA) is 56.7 Å². The van der Waals surface area contributed by atoms with E-state index in [0.717, 1.165) is 12.4 Å². The van der Waals surface area contributed by atoms with Crippen LogP contribution in [0.2, 0.25) is 0 Å². The molecule has 1 rings (SSSR count). The highest BCUT2D eigenvalue weighted by atomic mass is 15.3. The molecule has 0 atom stereocenters. The van der Waals surface area contributed by atoms with E-state index in [1.165, 1.54) is 0 Å². The van der Waals surface area contributed by atoms with E-state index in [1.54, 1.807) is 0 Å². The van der Waals surface area contributed by atoms with Gasteiger partial charge in [0.15, 0.2) is 0 Å². The number of nitrogens with two attached hydrogens (primary N) is 1. The van der Waals surface area contributed by atoms with Crippen LogP contribution in [-0.2, 0) is 6.54 Å². The predicted octanol–water partition coefficient (Wildman–Crippen LogP) is 0.825. The van der Waals surface area contributed by atoms with Crippen LogP contribution in [0.15, 0.2) is 0 Å². The Morgan fingerprint density at radius 3 is 2.45 bits per heavy atom. The predicted molar refractivity (Wildman–Crippen MR) is 44.0 cm³/mol. The molecule has 0 aliphatic rings. The lowest BCUT2D eigenvalue weighted by Gasteiger charge is -2.07. The zero-order valence-electron chi connectivity index (χ0n) is 7.20. The molecular formula is C7H14N4. The van der Waals surface area contributed by atoms with Gasteiger partial charge in [-0.2, -0.15) is 0 Å². The Hall–Kier alpha value is -1.06. The molecule has 0 saturated heterocycles. The maximum atomic E-state index is 5.58. The Bertz CT molecular complexity index is 219. The molecule has 1 aromatic heterocycles. The standard InChI is InChI=1S/C7H14N4/c1-5(2)4-11-6(3)9-10-7(11)8/h5H,4H2,1-3H3,(H2,8,10). The van der Waals surface area contributed by atoms with Crippen molar-refractivity contribution >= 4 is 5.95 Å². The maximum Gasteiger partial charge on any atom is 0.221 e. The van der Waals surface area contributed by atoms with Crippen LogP contribution in [0.5, 0.6) is 0 Å². The minimum atomic E-state index is 0.510. The van der Waals surface area contributed by atoms with Crippen LogP contribution in [-0.4, -0.2) is 14.8 Å². The van der Waals surface area contributed by atoms with E-state index in [0.29, 0.717) is 11.9 Å². The molecule has 0 radical (unpaired) electrons. The summed E-state index contributed by atoms with van der Waals surface area (Å²) < 4.78 is 1.92. The van der Waals surface area contributed by atoms with Gasteiger partial charge in [-0.05, 0) is 12.8 Å². The second-order valence-electron chi connectivity index (χ2n) is 3.11. The van der Waals surface area contributed by atoms with Gasteiger partial charge in [-0.25, -0.2) is 0 Å². The van der Waals surface area contributed by atoms with Crippen LogP contribution in [0, 0.1) is 12.8 Å². The Balaban J connectivity index is 2.83. The van der Waals surface area contributed by atoms with E-state index < -0.39 is 0 Å². The first-order valence-electron chi connectivity index (χ1n) is 3.76. The first-order valence-corrected chi connectivity index (χ1v) is 3.76. The summed E-state index contributed by atoms with van der Waals surface area (Å²) >= 11 is 0. The van der Waals surface area contributed by atoms with Gasteiger partial charge in [0.25, 0.3) is 0 Å². The number of hydrogen-bond donors (Lipinski definition) is 1. The number of nitrogens with zero attached hydrogens (tertiary/aromatic N) is 3. The van der Waals surface area contributed by atoms with Crippen LogP contribution in [0.1, 0.15) is 19.7 Å². The smallest absolute Gasteiger partial charge is 0.221 e. The fourth-order valence-electron chi connectivity index (χ4n) is 0.988. The number of aromatic nitrogens is 3. The highest BCUT2D eigenvalue weighted by Gasteiger charge is 2.05. The second-order valence-corrected chi connectivity index (χ2v) is 3.11. The molecule has 1 aromatic rings. The van der Waals surface area contributed by atoms with Gasteiger partial charge in [-0.15, -0.1) is 10.2 Å². The summed E-state index contributed by atoms with van der Waals surface area (Å²) in [6, 6.07) is 0. The Kier molecular flexibility index (Phi) is 2.12. The molecule has 0 spiro atoms. The van der Waals surface area contributed by atoms with Crippen molar-refractivity contribution in [2.75, 3.05) is 5.73 Å². The van der Waals surface area contributed by atoms with E-state index in [2.05, 4.69) is 24.0 Å². The third-order valence-electron chi connectivity index (χ3n) is 1.51. The summed E-state index contributed by atoms with van der Waals surface area (Å²) in [5, 5.41) is 7.62. The van der Waals surface area contributed by atoms with Crippen molar-refractivity contribution in [2.24, 2.45) is 5.92 Å². The van der Waals surface area contributed by atoms with Crippen molar-refractivity contribution in [3.63, 3.8) is 0 Å². The molecule has 1 heterocycles. The molecule has 0 aliphatic heterocycles. The first-order chi connectivity index (χ1) is 5.11. The van der Waals surface area contributed by atoms with Gasteiger partial charge < -0.3 is 5.73 Å². The summed E-state index contributed by atoms with van der Waals surface area (Å²) in [5.74, 6) is 1.97. The third-order valence-corrected chi connectivity index (χ3v) is 1.51. The average molecular weight is 154 g/mol. The zero-order valence-corrected chi connectivity index (χ0v) is 7.20. The van der Waals surface area contributed by atoms with Crippen molar-refractivity contribution < 1.29 is 0 Å². The lowest BCUT2D eigenvalue weighted by Crippen LogP contribution is -2.09. The van der Waals surface area contributed by atoms with Gasteiger partial charge in [0, 0.05) is 6.54 Å². The van der Waals surface area contributed by atoms with Crippen LogP contribution < -0.4 is 5.73 Å². The molecule has 0 amide bonds. The molecular weight excluding hydrogens is 140 g/mol. The van der Waals surface area contributed by atoms with Crippen molar-refractivity contribution in [2.45, 2.75) is 27.3 Å². The van der Waals surface area contributed by atoms with Crippen molar-refractivity contribution in [1.82, 2.24) is 14.8 Å². The highest BCUT2D eigenvalue weighted by Crippen LogP contribution is 2.06. The van der Waals surface area contributed by atoms with Gasteiger partial charge in [-0.3, -0.25) is 4.57 Å². The van der Waals surface area contributed by atoms with Crippen molar-refractivity contribution in [3.8, 4) is 0 Å². The Morgan fingerprint density at radius 1 is 1.45 bits per heavy atom. The highest BCUT2D eigenvalue weighted by molar-refractivity contribution is 5.16. The summed E-state index contributed by atoms with van der Waals surface area (Å²) in [6.45, 7) is 7.08. The fraction of sp³-hybridized carbons (Fsp3) is 0.714. The quantitative estimate of drug-likeness (QED) is 0.686. The molecule has 0 unspecified atom stereocenters. The van der Waals surface area contributed by atoms with Crippen LogP contribution in [0.3, 0.4) is 0 Å². The number of hydrogen-bond acceptors (Lipinski definition) is 3. The van der Waals surface area contributed by atoms with Crippen LogP contribution in [0.4, 0.5) is 5.95 Å². The van der Waals surface area contributed by atoms with Gasteiger partial charge in [0.1, 0.15) is 5.82 Å². The number of nitrogen functional groups attached to an aromatic ring is 1. The van der Waals surface area contributed by atoms with Gasteiger partial charge in [0.2, 0.25) is 5.95 Å². The molecule has 4 nitrogen and oxygen atoms in total. The van der Waals surface area contributed by atoms with E-state index in [1.807, 2.05) is 11.5 Å². The summed E-state index contributed by atoms with van der Waals surface area (Å²) in [7, 11) is 0. The zero-order chi connectivity index (χ0) is 8.43. The maximum absolute atomic E-state index is 5.58. The minimum absolute atomic E-state index is 0.510. The first kappa shape index (κ1) is 8.04. The molecule has 2 N–H and O–H groups in total. The third kappa shape index (κ3) is 1.69. The molecule has 0 fully saturated rings. The molecule has 11 heavy (non-hydrogen) atoms. The number of rotatable bonds is 2. The normalized spacial score (nSPS) is 10.9. The lowest BCUT2D eigenvalue weighted by molar-refractivity contribution is 0.518. The molecule has 0 bridgehead atoms.